The van der Waals surface area contributed by atoms with Gasteiger partial charge in [-0.05, 0) is 18.1 Å². The average Bonchev–Trinajstić information content (AvgIpc) is 2.60. The highest BCUT2D eigenvalue weighted by atomic mass is 16.5. The Balaban J connectivity index is 2.22. The smallest absolute Gasteiger partial charge is 0.309 e. The Bertz CT molecular complexity index is 435. The average molecular weight is 203 g/mol. The van der Waals surface area contributed by atoms with Gasteiger partial charge >= 0.3 is 5.97 Å². The van der Waals surface area contributed by atoms with Crippen LogP contribution in [-0.4, -0.2) is 18.8 Å². The minimum atomic E-state index is -0.203. The summed E-state index contributed by atoms with van der Waals surface area (Å²) >= 11 is 0. The third kappa shape index (κ3) is 1.91. The van der Waals surface area contributed by atoms with Gasteiger partial charge in [-0.15, -0.1) is 0 Å². The normalized spacial score (nSPS) is 13.3. The summed E-state index contributed by atoms with van der Waals surface area (Å²) in [7, 11) is 1.41. The summed E-state index contributed by atoms with van der Waals surface area (Å²) in [6.45, 7) is 2.74. The summed E-state index contributed by atoms with van der Waals surface area (Å²) in [6.07, 6.45) is 0.336. The molecule has 1 aromatic rings. The van der Waals surface area contributed by atoms with Crippen molar-refractivity contribution in [3.8, 4) is 0 Å². The lowest BCUT2D eigenvalue weighted by Crippen LogP contribution is -2.05. The first kappa shape index (κ1) is 9.90. The van der Waals surface area contributed by atoms with E-state index in [9.17, 15) is 4.79 Å². The number of carbonyl (C=O) groups is 1. The maximum atomic E-state index is 11.1. The zero-order valence-corrected chi connectivity index (χ0v) is 8.91. The molecule has 1 aromatic carbocycles. The molecule has 0 N–H and O–H groups in total. The lowest BCUT2D eigenvalue weighted by atomic mass is 10.0. The van der Waals surface area contributed by atoms with Crippen LogP contribution in [-0.2, 0) is 22.5 Å². The van der Waals surface area contributed by atoms with Crippen LogP contribution in [0.3, 0.4) is 0 Å². The summed E-state index contributed by atoms with van der Waals surface area (Å²) in [5, 5.41) is 0. The predicted molar refractivity (Wildman–Crippen MR) is 58.1 cm³/mol. The third-order valence-corrected chi connectivity index (χ3v) is 2.62. The van der Waals surface area contributed by atoms with Crippen molar-refractivity contribution in [3.05, 3.63) is 34.9 Å². The molecule has 0 radical (unpaired) electrons. The van der Waals surface area contributed by atoms with Crippen molar-refractivity contribution in [3.63, 3.8) is 0 Å². The Kier molecular flexibility index (Phi) is 2.54. The van der Waals surface area contributed by atoms with Crippen molar-refractivity contribution in [2.75, 3.05) is 7.11 Å². The zero-order chi connectivity index (χ0) is 10.8. The van der Waals surface area contributed by atoms with Crippen LogP contribution in [0.4, 0.5) is 0 Å². The van der Waals surface area contributed by atoms with Gasteiger partial charge in [0.1, 0.15) is 0 Å². The van der Waals surface area contributed by atoms with Crippen LogP contribution in [0.25, 0.3) is 0 Å². The van der Waals surface area contributed by atoms with Gasteiger partial charge in [0.25, 0.3) is 0 Å². The Hall–Kier alpha value is -1.64. The number of nitrogens with zero attached hydrogens (tertiary/aromatic N) is 1. The van der Waals surface area contributed by atoms with E-state index in [0.29, 0.717) is 6.42 Å². The highest BCUT2D eigenvalue weighted by Gasteiger charge is 2.13. The molecule has 0 saturated carbocycles. The van der Waals surface area contributed by atoms with E-state index in [4.69, 9.17) is 0 Å². The number of rotatable bonds is 2. The molecule has 15 heavy (non-hydrogen) atoms. The number of fused-ring (bicyclic) bond motifs is 1. The molecule has 0 atom stereocenters. The molecule has 2 rings (SSSR count). The van der Waals surface area contributed by atoms with E-state index in [-0.39, 0.29) is 5.97 Å². The Labute approximate surface area is 88.8 Å². The first-order valence-electron chi connectivity index (χ1n) is 4.91. The van der Waals surface area contributed by atoms with Crippen LogP contribution >= 0.6 is 0 Å². The largest absolute Gasteiger partial charge is 0.469 e. The number of ether oxygens (including phenoxy) is 1. The van der Waals surface area contributed by atoms with Crippen molar-refractivity contribution in [2.45, 2.75) is 19.9 Å². The van der Waals surface area contributed by atoms with E-state index < -0.39 is 0 Å². The summed E-state index contributed by atoms with van der Waals surface area (Å²) in [5.41, 5.74) is 4.47. The van der Waals surface area contributed by atoms with Gasteiger partial charge in [-0.1, -0.05) is 18.2 Å². The molecule has 0 fully saturated rings. The van der Waals surface area contributed by atoms with Crippen LogP contribution < -0.4 is 0 Å². The molecular weight excluding hydrogens is 190 g/mol. The van der Waals surface area contributed by atoms with E-state index in [1.54, 1.807) is 0 Å². The lowest BCUT2D eigenvalue weighted by molar-refractivity contribution is -0.139. The molecule has 1 aliphatic rings. The van der Waals surface area contributed by atoms with Crippen LogP contribution in [0.5, 0.6) is 0 Å². The van der Waals surface area contributed by atoms with Crippen molar-refractivity contribution < 1.29 is 9.53 Å². The summed E-state index contributed by atoms with van der Waals surface area (Å²) in [5.74, 6) is -0.203. The minimum absolute atomic E-state index is 0.203. The van der Waals surface area contributed by atoms with Crippen LogP contribution in [0.1, 0.15) is 23.6 Å². The fourth-order valence-electron chi connectivity index (χ4n) is 1.77. The molecule has 0 unspecified atom stereocenters. The number of hydrogen-bond donors (Lipinski definition) is 0. The fourth-order valence-corrected chi connectivity index (χ4v) is 1.77. The van der Waals surface area contributed by atoms with Gasteiger partial charge < -0.3 is 4.74 Å². The Morgan fingerprint density at radius 2 is 2.33 bits per heavy atom. The maximum absolute atomic E-state index is 11.1. The van der Waals surface area contributed by atoms with Gasteiger partial charge in [0.2, 0.25) is 0 Å². The summed E-state index contributed by atoms with van der Waals surface area (Å²) in [4.78, 5) is 15.4. The van der Waals surface area contributed by atoms with Gasteiger partial charge in [0, 0.05) is 11.3 Å². The van der Waals surface area contributed by atoms with E-state index in [1.807, 2.05) is 25.1 Å². The topological polar surface area (TPSA) is 38.7 Å². The second-order valence-corrected chi connectivity index (χ2v) is 3.65. The standard InChI is InChI=1S/C12H13NO2/c1-8-11-4-3-9(6-12(14)15-2)5-10(11)7-13-8/h3-5H,6-7H2,1-2H3. The van der Waals surface area contributed by atoms with Crippen molar-refractivity contribution >= 4 is 11.7 Å². The fraction of sp³-hybridized carbons (Fsp3) is 0.333. The van der Waals surface area contributed by atoms with Gasteiger partial charge in [-0.2, -0.15) is 0 Å². The van der Waals surface area contributed by atoms with E-state index >= 15 is 0 Å². The zero-order valence-electron chi connectivity index (χ0n) is 8.91. The van der Waals surface area contributed by atoms with Gasteiger partial charge in [0.15, 0.2) is 0 Å². The number of esters is 1. The SMILES string of the molecule is COC(=O)Cc1ccc2c(c1)CN=C2C. The molecule has 0 spiro atoms. The number of carbonyl (C=O) groups excluding carboxylic acids is 1. The third-order valence-electron chi connectivity index (χ3n) is 2.62. The van der Waals surface area contributed by atoms with Crippen LogP contribution in [0.2, 0.25) is 0 Å². The van der Waals surface area contributed by atoms with Gasteiger partial charge in [0.05, 0.1) is 20.1 Å². The molecule has 78 valence electrons. The van der Waals surface area contributed by atoms with E-state index in [0.717, 1.165) is 17.8 Å². The number of methoxy groups -OCH3 is 1. The molecular formula is C12H13NO2. The second kappa shape index (κ2) is 3.85. The monoisotopic (exact) mass is 203 g/mol. The second-order valence-electron chi connectivity index (χ2n) is 3.65. The Morgan fingerprint density at radius 1 is 1.53 bits per heavy atom. The first-order chi connectivity index (χ1) is 7.20. The van der Waals surface area contributed by atoms with Crippen molar-refractivity contribution in [1.29, 1.82) is 0 Å². The lowest BCUT2D eigenvalue weighted by Gasteiger charge is -2.03. The predicted octanol–water partition coefficient (Wildman–Crippen LogP) is 1.72. The molecule has 3 nitrogen and oxygen atoms in total. The molecule has 3 heteroatoms. The minimum Gasteiger partial charge on any atom is -0.469 e. The van der Waals surface area contributed by atoms with E-state index in [2.05, 4.69) is 9.73 Å². The van der Waals surface area contributed by atoms with Crippen LogP contribution in [0.15, 0.2) is 23.2 Å². The highest BCUT2D eigenvalue weighted by molar-refractivity contribution is 6.02. The van der Waals surface area contributed by atoms with Gasteiger partial charge in [-0.25, -0.2) is 0 Å². The molecule has 0 aromatic heterocycles. The maximum Gasteiger partial charge on any atom is 0.309 e. The molecule has 0 bridgehead atoms. The Morgan fingerprint density at radius 3 is 3.07 bits per heavy atom. The number of hydrogen-bond acceptors (Lipinski definition) is 3. The number of aliphatic imine (C=N–C) groups is 1. The van der Waals surface area contributed by atoms with Crippen molar-refractivity contribution in [2.24, 2.45) is 4.99 Å². The molecule has 0 amide bonds. The molecule has 1 heterocycles. The summed E-state index contributed by atoms with van der Waals surface area (Å²) < 4.78 is 4.63. The van der Waals surface area contributed by atoms with E-state index in [1.165, 1.54) is 18.2 Å². The quantitative estimate of drug-likeness (QED) is 0.686. The summed E-state index contributed by atoms with van der Waals surface area (Å²) in [6, 6.07) is 6.02. The van der Waals surface area contributed by atoms with Crippen LogP contribution in [0, 0.1) is 0 Å². The first-order valence-corrected chi connectivity index (χ1v) is 4.91. The molecule has 0 aliphatic carbocycles. The number of benzene rings is 1. The molecule has 1 aliphatic heterocycles. The highest BCUT2D eigenvalue weighted by Crippen LogP contribution is 2.20. The van der Waals surface area contributed by atoms with Gasteiger partial charge in [-0.3, -0.25) is 9.79 Å². The van der Waals surface area contributed by atoms with Crippen molar-refractivity contribution in [1.82, 2.24) is 0 Å². The molecule has 0 saturated heterocycles.